The molecule has 3 rings (SSSR count). The van der Waals surface area contributed by atoms with Gasteiger partial charge in [-0.05, 0) is 49.6 Å². The van der Waals surface area contributed by atoms with Gasteiger partial charge < -0.3 is 9.80 Å². The molecule has 1 atom stereocenters. The van der Waals surface area contributed by atoms with Gasteiger partial charge in [-0.25, -0.2) is 9.97 Å². The largest absolute Gasteiger partial charge is 0.343 e. The predicted molar refractivity (Wildman–Crippen MR) is 101 cm³/mol. The van der Waals surface area contributed by atoms with Crippen LogP contribution in [0.2, 0.25) is 0 Å². The highest BCUT2D eigenvalue weighted by molar-refractivity contribution is 7.12. The first-order valence-corrected chi connectivity index (χ1v) is 9.71. The molecule has 0 saturated carbocycles. The molecule has 1 fully saturated rings. The van der Waals surface area contributed by atoms with Gasteiger partial charge in [0.2, 0.25) is 0 Å². The van der Waals surface area contributed by atoms with E-state index < -0.39 is 0 Å². The number of amides is 2. The van der Waals surface area contributed by atoms with E-state index in [9.17, 15) is 9.59 Å². The van der Waals surface area contributed by atoms with Gasteiger partial charge in [0.15, 0.2) is 0 Å². The fraction of sp³-hybridized carbons (Fsp3) is 0.474. The molecular formula is C19H24N4O2S. The number of hydrogen-bond acceptors (Lipinski definition) is 5. The molecule has 3 heterocycles. The summed E-state index contributed by atoms with van der Waals surface area (Å²) in [5.74, 6) is 0.959. The average molecular weight is 372 g/mol. The topological polar surface area (TPSA) is 66.4 Å². The highest BCUT2D eigenvalue weighted by Crippen LogP contribution is 2.23. The molecule has 0 radical (unpaired) electrons. The smallest absolute Gasteiger partial charge is 0.272 e. The second-order valence-corrected chi connectivity index (χ2v) is 7.88. The number of nitrogens with zero attached hydrogens (tertiary/aromatic N) is 4. The molecule has 1 saturated heterocycles. The lowest BCUT2D eigenvalue weighted by Crippen LogP contribution is -2.40. The van der Waals surface area contributed by atoms with Crippen LogP contribution in [0.4, 0.5) is 0 Å². The minimum Gasteiger partial charge on any atom is -0.343 e. The second-order valence-electron chi connectivity index (χ2n) is 6.93. The number of carbonyl (C=O) groups excluding carboxylic acids is 2. The van der Waals surface area contributed by atoms with Crippen molar-refractivity contribution in [3.05, 3.63) is 45.7 Å². The van der Waals surface area contributed by atoms with Gasteiger partial charge in [-0.2, -0.15) is 0 Å². The quantitative estimate of drug-likeness (QED) is 0.827. The lowest BCUT2D eigenvalue weighted by atomic mass is 9.93. The number of thiophene rings is 1. The van der Waals surface area contributed by atoms with Crippen molar-refractivity contribution >= 4 is 23.2 Å². The first-order valence-electron chi connectivity index (χ1n) is 8.83. The molecule has 6 nitrogen and oxygen atoms in total. The van der Waals surface area contributed by atoms with Gasteiger partial charge in [0.1, 0.15) is 11.5 Å². The average Bonchev–Trinajstić information content (AvgIpc) is 3.14. The minimum absolute atomic E-state index is 0.116. The SMILES string of the molecule is Cc1nc(C[C@H]2CCCN(C(=O)c3cccs3)C2)cc(C(=O)N(C)C)n1. The van der Waals surface area contributed by atoms with Gasteiger partial charge >= 0.3 is 0 Å². The minimum atomic E-state index is -0.116. The standard InChI is InChI=1S/C19H24N4O2S/c1-13-20-15(11-16(21-13)18(24)22(2)3)10-14-6-4-8-23(12-14)19(25)17-7-5-9-26-17/h5,7,9,11,14H,4,6,8,10,12H2,1-3H3/t14-/m1/s1. The normalized spacial score (nSPS) is 17.2. The molecule has 0 bridgehead atoms. The summed E-state index contributed by atoms with van der Waals surface area (Å²) >= 11 is 1.49. The number of rotatable bonds is 4. The fourth-order valence-electron chi connectivity index (χ4n) is 3.34. The molecule has 0 aromatic carbocycles. The van der Waals surface area contributed by atoms with Crippen LogP contribution in [0, 0.1) is 12.8 Å². The van der Waals surface area contributed by atoms with E-state index in [1.165, 1.54) is 16.2 Å². The van der Waals surface area contributed by atoms with E-state index in [0.717, 1.165) is 42.9 Å². The van der Waals surface area contributed by atoms with Crippen molar-refractivity contribution in [2.75, 3.05) is 27.2 Å². The Morgan fingerprint density at radius 2 is 2.15 bits per heavy atom. The van der Waals surface area contributed by atoms with Gasteiger partial charge in [-0.1, -0.05) is 6.07 Å². The number of piperidine rings is 1. The van der Waals surface area contributed by atoms with Crippen LogP contribution in [0.5, 0.6) is 0 Å². The van der Waals surface area contributed by atoms with Crippen LogP contribution in [-0.4, -0.2) is 58.8 Å². The zero-order chi connectivity index (χ0) is 18.7. The highest BCUT2D eigenvalue weighted by Gasteiger charge is 2.26. The molecule has 0 spiro atoms. The van der Waals surface area contributed by atoms with Crippen molar-refractivity contribution in [2.24, 2.45) is 5.92 Å². The Morgan fingerprint density at radius 1 is 1.35 bits per heavy atom. The molecule has 26 heavy (non-hydrogen) atoms. The zero-order valence-corrected chi connectivity index (χ0v) is 16.3. The summed E-state index contributed by atoms with van der Waals surface area (Å²) in [5, 5.41) is 1.93. The van der Waals surface area contributed by atoms with E-state index in [1.54, 1.807) is 20.2 Å². The summed E-state index contributed by atoms with van der Waals surface area (Å²) in [4.78, 5) is 37.8. The van der Waals surface area contributed by atoms with E-state index in [-0.39, 0.29) is 11.8 Å². The van der Waals surface area contributed by atoms with Crippen LogP contribution in [0.15, 0.2) is 23.6 Å². The molecule has 0 aliphatic carbocycles. The van der Waals surface area contributed by atoms with Crippen LogP contribution in [0.25, 0.3) is 0 Å². The van der Waals surface area contributed by atoms with Crippen molar-refractivity contribution in [2.45, 2.75) is 26.2 Å². The van der Waals surface area contributed by atoms with E-state index in [0.29, 0.717) is 17.4 Å². The van der Waals surface area contributed by atoms with E-state index in [1.807, 2.05) is 29.3 Å². The summed E-state index contributed by atoms with van der Waals surface area (Å²) in [7, 11) is 3.43. The lowest BCUT2D eigenvalue weighted by molar-refractivity contribution is 0.0677. The van der Waals surface area contributed by atoms with Crippen molar-refractivity contribution in [1.82, 2.24) is 19.8 Å². The molecule has 138 valence electrons. The maximum atomic E-state index is 12.6. The number of likely N-dealkylation sites (tertiary alicyclic amines) is 1. The summed E-state index contributed by atoms with van der Waals surface area (Å²) in [6.45, 7) is 3.35. The number of carbonyl (C=O) groups is 2. The monoisotopic (exact) mass is 372 g/mol. The summed E-state index contributed by atoms with van der Waals surface area (Å²) in [6, 6.07) is 5.57. The molecule has 2 amide bonds. The third-order valence-corrected chi connectivity index (χ3v) is 5.41. The zero-order valence-electron chi connectivity index (χ0n) is 15.4. The molecule has 2 aromatic rings. The van der Waals surface area contributed by atoms with Gasteiger partial charge in [-0.3, -0.25) is 9.59 Å². The Hall–Kier alpha value is -2.28. The highest BCUT2D eigenvalue weighted by atomic mass is 32.1. The third kappa shape index (κ3) is 4.27. The van der Waals surface area contributed by atoms with Gasteiger partial charge in [0, 0.05) is 32.9 Å². The van der Waals surface area contributed by atoms with Crippen molar-refractivity contribution in [3.8, 4) is 0 Å². The van der Waals surface area contributed by atoms with Gasteiger partial charge in [0.05, 0.1) is 4.88 Å². The number of aromatic nitrogens is 2. The maximum Gasteiger partial charge on any atom is 0.272 e. The van der Waals surface area contributed by atoms with Gasteiger partial charge in [0.25, 0.3) is 11.8 Å². The van der Waals surface area contributed by atoms with Crippen molar-refractivity contribution in [1.29, 1.82) is 0 Å². The molecule has 1 aliphatic heterocycles. The van der Waals surface area contributed by atoms with E-state index >= 15 is 0 Å². The predicted octanol–water partition coefficient (Wildman–Crippen LogP) is 2.64. The van der Waals surface area contributed by atoms with Crippen LogP contribution in [0.3, 0.4) is 0 Å². The Morgan fingerprint density at radius 3 is 2.85 bits per heavy atom. The van der Waals surface area contributed by atoms with E-state index in [2.05, 4.69) is 9.97 Å². The first kappa shape index (κ1) is 18.5. The van der Waals surface area contributed by atoms with E-state index in [4.69, 9.17) is 0 Å². The molecule has 1 aliphatic rings. The molecule has 7 heteroatoms. The summed E-state index contributed by atoms with van der Waals surface area (Å²) in [5.41, 5.74) is 1.30. The Kier molecular flexibility index (Phi) is 5.66. The third-order valence-electron chi connectivity index (χ3n) is 4.55. The molecule has 2 aromatic heterocycles. The summed E-state index contributed by atoms with van der Waals surface area (Å²) < 4.78 is 0. The van der Waals surface area contributed by atoms with Crippen LogP contribution in [0.1, 0.15) is 44.5 Å². The Balaban J connectivity index is 1.70. The Labute approximate surface area is 157 Å². The van der Waals surface area contributed by atoms with Crippen molar-refractivity contribution < 1.29 is 9.59 Å². The first-order chi connectivity index (χ1) is 12.4. The van der Waals surface area contributed by atoms with Crippen LogP contribution in [-0.2, 0) is 6.42 Å². The number of hydrogen-bond donors (Lipinski definition) is 0. The second kappa shape index (κ2) is 7.95. The lowest BCUT2D eigenvalue weighted by Gasteiger charge is -2.32. The van der Waals surface area contributed by atoms with Crippen molar-refractivity contribution in [3.63, 3.8) is 0 Å². The van der Waals surface area contributed by atoms with Crippen LogP contribution >= 0.6 is 11.3 Å². The van der Waals surface area contributed by atoms with Crippen LogP contribution < -0.4 is 0 Å². The van der Waals surface area contributed by atoms with Gasteiger partial charge in [-0.15, -0.1) is 11.3 Å². The molecule has 0 N–H and O–H groups in total. The Bertz CT molecular complexity index is 789. The molecular weight excluding hydrogens is 348 g/mol. The fourth-order valence-corrected chi connectivity index (χ4v) is 4.03. The summed E-state index contributed by atoms with van der Waals surface area (Å²) in [6.07, 6.45) is 2.81. The molecule has 0 unspecified atom stereocenters. The maximum absolute atomic E-state index is 12.6. The number of aryl methyl sites for hydroxylation is 1.